The molecule has 0 aliphatic rings. The van der Waals surface area contributed by atoms with Crippen molar-refractivity contribution in [2.45, 2.75) is 13.0 Å². The van der Waals surface area contributed by atoms with Gasteiger partial charge in [-0.05, 0) is 22.2 Å². The molecule has 0 amide bonds. The lowest BCUT2D eigenvalue weighted by molar-refractivity contribution is 0.808. The minimum atomic E-state index is -0.121. The van der Waals surface area contributed by atoms with E-state index in [2.05, 4.69) is 22.2 Å². The van der Waals surface area contributed by atoms with Crippen molar-refractivity contribution in [1.82, 2.24) is 0 Å². The summed E-state index contributed by atoms with van der Waals surface area (Å²) >= 11 is 0. The summed E-state index contributed by atoms with van der Waals surface area (Å²) in [7, 11) is 0. The van der Waals surface area contributed by atoms with Crippen molar-refractivity contribution in [2.24, 2.45) is 5.11 Å². The van der Waals surface area contributed by atoms with Gasteiger partial charge in [0, 0.05) is 4.91 Å². The Kier molecular flexibility index (Phi) is 3.43. The number of hydrogen-bond donors (Lipinski definition) is 0. The molecule has 2 aromatic carbocycles. The lowest BCUT2D eigenvalue weighted by Gasteiger charge is -2.06. The number of nitrogens with zero attached hydrogens (tertiary/aromatic N) is 3. The van der Waals surface area contributed by atoms with E-state index in [-0.39, 0.29) is 6.04 Å². The van der Waals surface area contributed by atoms with Crippen molar-refractivity contribution >= 4 is 0 Å². The third-order valence-corrected chi connectivity index (χ3v) is 2.73. The van der Waals surface area contributed by atoms with Gasteiger partial charge in [-0.1, -0.05) is 66.6 Å². The van der Waals surface area contributed by atoms with Crippen LogP contribution in [0.3, 0.4) is 0 Å². The van der Waals surface area contributed by atoms with Gasteiger partial charge in [-0.15, -0.1) is 0 Å². The van der Waals surface area contributed by atoms with E-state index in [0.29, 0.717) is 0 Å². The smallest absolute Gasteiger partial charge is 0.0597 e. The number of benzene rings is 2. The predicted octanol–water partition coefficient (Wildman–Crippen LogP) is 4.72. The third-order valence-electron chi connectivity index (χ3n) is 2.73. The molecule has 0 bridgehead atoms. The molecule has 2 rings (SSSR count). The van der Waals surface area contributed by atoms with E-state index in [1.807, 2.05) is 49.4 Å². The van der Waals surface area contributed by atoms with Gasteiger partial charge in [-0.2, -0.15) is 0 Å². The van der Waals surface area contributed by atoms with Gasteiger partial charge in [0.1, 0.15) is 0 Å². The highest BCUT2D eigenvalue weighted by molar-refractivity contribution is 5.63. The number of rotatable bonds is 3. The summed E-state index contributed by atoms with van der Waals surface area (Å²) in [6.45, 7) is 1.89. The summed E-state index contributed by atoms with van der Waals surface area (Å²) in [4.78, 5) is 2.82. The normalized spacial score (nSPS) is 11.6. The highest BCUT2D eigenvalue weighted by atomic mass is 15.1. The Morgan fingerprint density at radius 2 is 1.53 bits per heavy atom. The molecule has 0 radical (unpaired) electrons. The second-order valence-electron chi connectivity index (χ2n) is 3.87. The predicted molar refractivity (Wildman–Crippen MR) is 69.4 cm³/mol. The standard InChI is InChI=1S/C14H13N3/c1-11(16-17-15)12-7-9-14(10-8-12)13-5-3-2-4-6-13/h2-11H,1H3. The zero-order chi connectivity index (χ0) is 12.1. The SMILES string of the molecule is CC(N=[N+]=[N-])c1ccc(-c2ccccc2)cc1. The number of hydrogen-bond acceptors (Lipinski definition) is 1. The van der Waals surface area contributed by atoms with Crippen LogP contribution in [0.4, 0.5) is 0 Å². The van der Waals surface area contributed by atoms with Crippen LogP contribution >= 0.6 is 0 Å². The van der Waals surface area contributed by atoms with E-state index in [9.17, 15) is 0 Å². The Morgan fingerprint density at radius 1 is 0.941 bits per heavy atom. The summed E-state index contributed by atoms with van der Waals surface area (Å²) in [5.74, 6) is 0. The minimum Gasteiger partial charge on any atom is -0.0862 e. The molecule has 0 aliphatic heterocycles. The molecule has 3 nitrogen and oxygen atoms in total. The molecule has 3 heteroatoms. The van der Waals surface area contributed by atoms with Gasteiger partial charge < -0.3 is 0 Å². The van der Waals surface area contributed by atoms with Crippen LogP contribution in [0.15, 0.2) is 59.7 Å². The Morgan fingerprint density at radius 3 is 2.12 bits per heavy atom. The summed E-state index contributed by atoms with van der Waals surface area (Å²) in [6, 6.07) is 18.2. The first kappa shape index (κ1) is 11.2. The van der Waals surface area contributed by atoms with Crippen molar-refractivity contribution in [3.05, 3.63) is 70.6 Å². The van der Waals surface area contributed by atoms with Crippen molar-refractivity contribution in [2.75, 3.05) is 0 Å². The van der Waals surface area contributed by atoms with Gasteiger partial charge in [0.25, 0.3) is 0 Å². The summed E-state index contributed by atoms with van der Waals surface area (Å²) in [5, 5.41) is 3.68. The molecule has 0 fully saturated rings. The molecular formula is C14H13N3. The first-order valence-corrected chi connectivity index (χ1v) is 5.51. The van der Waals surface area contributed by atoms with E-state index < -0.39 is 0 Å². The van der Waals surface area contributed by atoms with Crippen LogP contribution in [0.2, 0.25) is 0 Å². The molecule has 0 spiro atoms. The van der Waals surface area contributed by atoms with E-state index in [4.69, 9.17) is 5.53 Å². The Labute approximate surface area is 100 Å². The third kappa shape index (κ3) is 2.65. The van der Waals surface area contributed by atoms with E-state index in [1.165, 1.54) is 11.1 Å². The second-order valence-corrected chi connectivity index (χ2v) is 3.87. The maximum atomic E-state index is 8.39. The fourth-order valence-corrected chi connectivity index (χ4v) is 1.73. The van der Waals surface area contributed by atoms with Gasteiger partial charge in [-0.3, -0.25) is 0 Å². The highest BCUT2D eigenvalue weighted by Crippen LogP contribution is 2.23. The van der Waals surface area contributed by atoms with Crippen LogP contribution in [0, 0.1) is 0 Å². The fourth-order valence-electron chi connectivity index (χ4n) is 1.73. The molecular weight excluding hydrogens is 210 g/mol. The van der Waals surface area contributed by atoms with Crippen LogP contribution in [-0.4, -0.2) is 0 Å². The van der Waals surface area contributed by atoms with Crippen LogP contribution in [0.1, 0.15) is 18.5 Å². The van der Waals surface area contributed by atoms with Crippen molar-refractivity contribution in [3.8, 4) is 11.1 Å². The zero-order valence-corrected chi connectivity index (χ0v) is 9.62. The highest BCUT2D eigenvalue weighted by Gasteiger charge is 2.02. The molecule has 17 heavy (non-hydrogen) atoms. The maximum absolute atomic E-state index is 8.39. The maximum Gasteiger partial charge on any atom is 0.0597 e. The molecule has 0 aromatic heterocycles. The Balaban J connectivity index is 2.27. The molecule has 0 N–H and O–H groups in total. The largest absolute Gasteiger partial charge is 0.0862 e. The van der Waals surface area contributed by atoms with Gasteiger partial charge >= 0.3 is 0 Å². The van der Waals surface area contributed by atoms with Crippen LogP contribution in [0.25, 0.3) is 21.6 Å². The van der Waals surface area contributed by atoms with Crippen molar-refractivity contribution in [1.29, 1.82) is 0 Å². The summed E-state index contributed by atoms with van der Waals surface area (Å²) in [5.41, 5.74) is 11.8. The molecule has 1 unspecified atom stereocenters. The second kappa shape index (κ2) is 5.19. The quantitative estimate of drug-likeness (QED) is 0.410. The average Bonchev–Trinajstić information content (AvgIpc) is 2.40. The topological polar surface area (TPSA) is 48.8 Å². The van der Waals surface area contributed by atoms with Gasteiger partial charge in [0.2, 0.25) is 0 Å². The summed E-state index contributed by atoms with van der Waals surface area (Å²) < 4.78 is 0. The van der Waals surface area contributed by atoms with Gasteiger partial charge in [0.15, 0.2) is 0 Å². The average molecular weight is 223 g/mol. The van der Waals surface area contributed by atoms with Crippen LogP contribution in [-0.2, 0) is 0 Å². The molecule has 0 aliphatic carbocycles. The Bertz CT molecular complexity index is 525. The lowest BCUT2D eigenvalue weighted by Crippen LogP contribution is -1.87. The summed E-state index contributed by atoms with van der Waals surface area (Å²) in [6.07, 6.45) is 0. The lowest BCUT2D eigenvalue weighted by atomic mass is 10.0. The number of azide groups is 1. The first-order chi connectivity index (χ1) is 8.31. The van der Waals surface area contributed by atoms with E-state index in [0.717, 1.165) is 5.56 Å². The van der Waals surface area contributed by atoms with Crippen LogP contribution < -0.4 is 0 Å². The fraction of sp³-hybridized carbons (Fsp3) is 0.143. The van der Waals surface area contributed by atoms with Crippen molar-refractivity contribution in [3.63, 3.8) is 0 Å². The molecule has 1 atom stereocenters. The van der Waals surface area contributed by atoms with Gasteiger partial charge in [-0.25, -0.2) is 0 Å². The Hall–Kier alpha value is -2.25. The van der Waals surface area contributed by atoms with Crippen LogP contribution in [0.5, 0.6) is 0 Å². The van der Waals surface area contributed by atoms with E-state index >= 15 is 0 Å². The molecule has 2 aromatic rings. The molecule has 84 valence electrons. The molecule has 0 heterocycles. The molecule has 0 saturated heterocycles. The zero-order valence-electron chi connectivity index (χ0n) is 9.62. The van der Waals surface area contributed by atoms with Gasteiger partial charge in [0.05, 0.1) is 6.04 Å². The minimum absolute atomic E-state index is 0.121. The first-order valence-electron chi connectivity index (χ1n) is 5.51. The monoisotopic (exact) mass is 223 g/mol. The van der Waals surface area contributed by atoms with Crippen molar-refractivity contribution < 1.29 is 0 Å². The van der Waals surface area contributed by atoms with E-state index in [1.54, 1.807) is 0 Å². The molecule has 0 saturated carbocycles.